The van der Waals surface area contributed by atoms with Gasteiger partial charge >= 0.3 is 0 Å². The zero-order chi connectivity index (χ0) is 20.9. The summed E-state index contributed by atoms with van der Waals surface area (Å²) in [7, 11) is -3.87. The molecule has 7 heteroatoms. The molecule has 0 radical (unpaired) electrons. The molecule has 0 aliphatic rings. The monoisotopic (exact) mass is 410 g/mol. The predicted octanol–water partition coefficient (Wildman–Crippen LogP) is 4.42. The minimum absolute atomic E-state index is 0.0654. The molecule has 0 heterocycles. The van der Waals surface area contributed by atoms with Gasteiger partial charge in [0.15, 0.2) is 0 Å². The van der Waals surface area contributed by atoms with Crippen LogP contribution in [0, 0.1) is 0 Å². The van der Waals surface area contributed by atoms with Gasteiger partial charge in [0, 0.05) is 6.04 Å². The molecule has 0 unspecified atom stereocenters. The van der Waals surface area contributed by atoms with Crippen LogP contribution >= 0.6 is 0 Å². The second-order valence-corrected chi connectivity index (χ2v) is 8.35. The fourth-order valence-electron chi connectivity index (χ4n) is 2.63. The highest BCUT2D eigenvalue weighted by Crippen LogP contribution is 2.24. The van der Waals surface area contributed by atoms with Gasteiger partial charge in [-0.3, -0.25) is 9.52 Å². The average molecular weight is 410 g/mol. The Labute approximate surface area is 170 Å². The third kappa shape index (κ3) is 5.36. The molecule has 0 aromatic heterocycles. The number of carbonyl (C=O) groups is 1. The van der Waals surface area contributed by atoms with E-state index in [1.165, 1.54) is 12.1 Å². The molecule has 0 bridgehead atoms. The number of para-hydroxylation sites is 2. The zero-order valence-corrected chi connectivity index (χ0v) is 16.9. The Morgan fingerprint density at radius 2 is 1.41 bits per heavy atom. The molecule has 2 N–H and O–H groups in total. The number of hydrogen-bond donors (Lipinski definition) is 2. The first-order valence-electron chi connectivity index (χ1n) is 9.11. The second kappa shape index (κ2) is 8.79. The lowest BCUT2D eigenvalue weighted by molar-refractivity contribution is 0.0944. The van der Waals surface area contributed by atoms with Crippen molar-refractivity contribution in [2.24, 2.45) is 0 Å². The van der Waals surface area contributed by atoms with Gasteiger partial charge in [0.1, 0.15) is 11.5 Å². The van der Waals surface area contributed by atoms with Crippen LogP contribution in [-0.2, 0) is 10.0 Å². The number of ether oxygens (including phenoxy) is 1. The van der Waals surface area contributed by atoms with E-state index in [1.807, 2.05) is 44.2 Å². The van der Waals surface area contributed by atoms with Crippen LogP contribution in [0.2, 0.25) is 0 Å². The number of rotatable bonds is 7. The van der Waals surface area contributed by atoms with Crippen LogP contribution in [-0.4, -0.2) is 20.4 Å². The maximum Gasteiger partial charge on any atom is 0.261 e. The molecule has 0 spiro atoms. The van der Waals surface area contributed by atoms with Crippen molar-refractivity contribution < 1.29 is 17.9 Å². The van der Waals surface area contributed by atoms with E-state index in [9.17, 15) is 13.2 Å². The molecule has 1 amide bonds. The van der Waals surface area contributed by atoms with Gasteiger partial charge in [0.2, 0.25) is 0 Å². The summed E-state index contributed by atoms with van der Waals surface area (Å²) in [6, 6.07) is 21.7. The molecule has 0 atom stereocenters. The van der Waals surface area contributed by atoms with Crippen LogP contribution in [0.4, 0.5) is 5.69 Å². The van der Waals surface area contributed by atoms with Crippen molar-refractivity contribution in [3.8, 4) is 11.5 Å². The lowest BCUT2D eigenvalue weighted by atomic mass is 10.1. The predicted molar refractivity (Wildman–Crippen MR) is 113 cm³/mol. The van der Waals surface area contributed by atoms with Crippen molar-refractivity contribution in [2.45, 2.75) is 24.8 Å². The summed E-state index contributed by atoms with van der Waals surface area (Å²) >= 11 is 0. The van der Waals surface area contributed by atoms with Gasteiger partial charge in [0.05, 0.1) is 16.1 Å². The summed E-state index contributed by atoms with van der Waals surface area (Å²) in [5.41, 5.74) is 0.476. The Bertz CT molecular complexity index is 1080. The topological polar surface area (TPSA) is 84.5 Å². The molecule has 0 fully saturated rings. The SMILES string of the molecule is CC(C)NC(=O)c1ccccc1NS(=O)(=O)c1ccc(Oc2ccccc2)cc1. The summed E-state index contributed by atoms with van der Waals surface area (Å²) in [5, 5.41) is 2.77. The highest BCUT2D eigenvalue weighted by molar-refractivity contribution is 7.92. The molecule has 0 saturated heterocycles. The Morgan fingerprint density at radius 1 is 0.828 bits per heavy atom. The summed E-state index contributed by atoms with van der Waals surface area (Å²) in [6.07, 6.45) is 0. The van der Waals surface area contributed by atoms with Gasteiger partial charge in [-0.2, -0.15) is 0 Å². The van der Waals surface area contributed by atoms with Crippen molar-refractivity contribution in [3.05, 3.63) is 84.4 Å². The summed E-state index contributed by atoms with van der Waals surface area (Å²) in [4.78, 5) is 12.4. The summed E-state index contributed by atoms with van der Waals surface area (Å²) in [6.45, 7) is 3.67. The largest absolute Gasteiger partial charge is 0.457 e. The van der Waals surface area contributed by atoms with Gasteiger partial charge in [-0.05, 0) is 62.4 Å². The Hall–Kier alpha value is -3.32. The molecule has 0 aliphatic heterocycles. The van der Waals surface area contributed by atoms with E-state index in [0.29, 0.717) is 11.5 Å². The van der Waals surface area contributed by atoms with Crippen LogP contribution in [0.15, 0.2) is 83.8 Å². The molecule has 6 nitrogen and oxygen atoms in total. The Morgan fingerprint density at radius 3 is 2.07 bits per heavy atom. The number of nitrogens with one attached hydrogen (secondary N) is 2. The van der Waals surface area contributed by atoms with Gasteiger partial charge in [-0.1, -0.05) is 30.3 Å². The maximum atomic E-state index is 12.8. The number of sulfonamides is 1. The van der Waals surface area contributed by atoms with Crippen molar-refractivity contribution in [2.75, 3.05) is 4.72 Å². The highest BCUT2D eigenvalue weighted by atomic mass is 32.2. The molecular formula is C22H22N2O4S. The number of anilines is 1. The molecule has 0 saturated carbocycles. The lowest BCUT2D eigenvalue weighted by Gasteiger charge is -2.14. The van der Waals surface area contributed by atoms with Gasteiger partial charge in [0.25, 0.3) is 15.9 Å². The molecule has 29 heavy (non-hydrogen) atoms. The van der Waals surface area contributed by atoms with E-state index in [0.717, 1.165) is 0 Å². The molecule has 3 aromatic rings. The minimum Gasteiger partial charge on any atom is -0.457 e. The van der Waals surface area contributed by atoms with Crippen molar-refractivity contribution in [3.63, 3.8) is 0 Å². The van der Waals surface area contributed by atoms with E-state index in [-0.39, 0.29) is 28.1 Å². The Kier molecular flexibility index (Phi) is 6.19. The molecule has 3 rings (SSSR count). The number of benzene rings is 3. The van der Waals surface area contributed by atoms with Crippen molar-refractivity contribution >= 4 is 21.6 Å². The van der Waals surface area contributed by atoms with Gasteiger partial charge in [-0.25, -0.2) is 8.42 Å². The van der Waals surface area contributed by atoms with Crippen molar-refractivity contribution in [1.29, 1.82) is 0 Å². The lowest BCUT2D eigenvalue weighted by Crippen LogP contribution is -2.31. The third-order valence-electron chi connectivity index (χ3n) is 3.95. The Balaban J connectivity index is 1.79. The van der Waals surface area contributed by atoms with E-state index in [4.69, 9.17) is 4.74 Å². The van der Waals surface area contributed by atoms with Crippen LogP contribution in [0.5, 0.6) is 11.5 Å². The first-order chi connectivity index (χ1) is 13.8. The molecule has 0 aliphatic carbocycles. The summed E-state index contributed by atoms with van der Waals surface area (Å²) in [5.74, 6) is 0.836. The van der Waals surface area contributed by atoms with Crippen LogP contribution < -0.4 is 14.8 Å². The number of amides is 1. The van der Waals surface area contributed by atoms with Crippen molar-refractivity contribution in [1.82, 2.24) is 5.32 Å². The normalized spacial score (nSPS) is 11.1. The third-order valence-corrected chi connectivity index (χ3v) is 5.33. The fourth-order valence-corrected chi connectivity index (χ4v) is 3.70. The minimum atomic E-state index is -3.87. The number of hydrogen-bond acceptors (Lipinski definition) is 4. The van der Waals surface area contributed by atoms with E-state index >= 15 is 0 Å². The van der Waals surface area contributed by atoms with Crippen LogP contribution in [0.1, 0.15) is 24.2 Å². The second-order valence-electron chi connectivity index (χ2n) is 6.67. The maximum absolute atomic E-state index is 12.8. The van der Waals surface area contributed by atoms with Crippen LogP contribution in [0.3, 0.4) is 0 Å². The quantitative estimate of drug-likeness (QED) is 0.604. The van der Waals surface area contributed by atoms with Crippen LogP contribution in [0.25, 0.3) is 0 Å². The average Bonchev–Trinajstić information content (AvgIpc) is 2.69. The zero-order valence-electron chi connectivity index (χ0n) is 16.1. The van der Waals surface area contributed by atoms with E-state index in [1.54, 1.807) is 36.4 Å². The smallest absolute Gasteiger partial charge is 0.261 e. The van der Waals surface area contributed by atoms with Gasteiger partial charge in [-0.15, -0.1) is 0 Å². The van der Waals surface area contributed by atoms with Gasteiger partial charge < -0.3 is 10.1 Å². The van der Waals surface area contributed by atoms with E-state index < -0.39 is 10.0 Å². The summed E-state index contributed by atoms with van der Waals surface area (Å²) < 4.78 is 33.7. The molecular weight excluding hydrogens is 388 g/mol. The first-order valence-corrected chi connectivity index (χ1v) is 10.6. The standard InChI is InChI=1S/C22H22N2O4S/c1-16(2)23-22(25)20-10-6-7-11-21(20)24-29(26,27)19-14-12-18(13-15-19)28-17-8-4-3-5-9-17/h3-16,24H,1-2H3,(H,23,25). The number of carbonyl (C=O) groups excluding carboxylic acids is 1. The fraction of sp³-hybridized carbons (Fsp3) is 0.136. The molecule has 3 aromatic carbocycles. The van der Waals surface area contributed by atoms with E-state index in [2.05, 4.69) is 10.0 Å². The first kappa shape index (κ1) is 20.4. The molecule has 150 valence electrons. The highest BCUT2D eigenvalue weighted by Gasteiger charge is 2.19.